The Balaban J connectivity index is 1.23. The Morgan fingerprint density at radius 1 is 0.661 bits per heavy atom. The van der Waals surface area contributed by atoms with Gasteiger partial charge in [0.25, 0.3) is 0 Å². The average Bonchev–Trinajstić information content (AvgIpc) is 3.73. The molecule has 4 nitrogen and oxygen atoms in total. The lowest BCUT2D eigenvalue weighted by Gasteiger charge is -2.50. The van der Waals surface area contributed by atoms with Crippen LogP contribution in [0.3, 0.4) is 0 Å². The Hall–Kier alpha value is -3.41. The smallest absolute Gasteiger partial charge is 0.171 e. The second kappa shape index (κ2) is 20.8. The van der Waals surface area contributed by atoms with E-state index in [1.54, 1.807) is 0 Å². The molecule has 1 fully saturated rings. The highest BCUT2D eigenvalue weighted by atomic mass is 32.2. The van der Waals surface area contributed by atoms with Crippen molar-refractivity contribution in [2.45, 2.75) is 151 Å². The molecule has 1 aromatic carbocycles. The summed E-state index contributed by atoms with van der Waals surface area (Å²) >= 11 is -2.21. The molecule has 0 aromatic heterocycles. The Labute approximate surface area is 342 Å². The highest BCUT2D eigenvalue weighted by Gasteiger charge is 2.71. The van der Waals surface area contributed by atoms with Crippen LogP contribution in [0.15, 0.2) is 118 Å². The van der Waals surface area contributed by atoms with E-state index in [4.69, 9.17) is 0 Å². The number of Topliss-reactive ketones (excluding diaryl/α,β-unsaturated/α-hetero) is 2. The summed E-state index contributed by atoms with van der Waals surface area (Å²) in [7, 11) is 0. The van der Waals surface area contributed by atoms with Gasteiger partial charge < -0.3 is 4.55 Å². The van der Waals surface area contributed by atoms with E-state index in [0.29, 0.717) is 24.0 Å². The van der Waals surface area contributed by atoms with Crippen LogP contribution in [0, 0.1) is 22.7 Å². The first-order chi connectivity index (χ1) is 26.6. The van der Waals surface area contributed by atoms with Crippen LogP contribution in [-0.4, -0.2) is 25.6 Å². The van der Waals surface area contributed by atoms with Crippen molar-refractivity contribution in [3.05, 3.63) is 129 Å². The van der Waals surface area contributed by atoms with Gasteiger partial charge in [-0.1, -0.05) is 125 Å². The highest BCUT2D eigenvalue weighted by molar-refractivity contribution is 7.80. The fraction of sp³-hybridized carbons (Fsp3) is 0.529. The van der Waals surface area contributed by atoms with Crippen LogP contribution in [0.5, 0.6) is 0 Å². The van der Waals surface area contributed by atoms with Gasteiger partial charge in [0.1, 0.15) is 0 Å². The first kappa shape index (κ1) is 45.3. The van der Waals surface area contributed by atoms with Crippen LogP contribution >= 0.6 is 0 Å². The van der Waals surface area contributed by atoms with Crippen molar-refractivity contribution in [3.63, 3.8) is 0 Å². The van der Waals surface area contributed by atoms with Crippen LogP contribution in [0.1, 0.15) is 167 Å². The maximum absolute atomic E-state index is 14.2. The van der Waals surface area contributed by atoms with Crippen LogP contribution in [-0.2, 0) is 11.1 Å². The van der Waals surface area contributed by atoms with E-state index in [0.717, 1.165) is 81.8 Å². The minimum absolute atomic E-state index is 0.0600. The lowest BCUT2D eigenvalue weighted by molar-refractivity contribution is 0.0242. The zero-order valence-corrected chi connectivity index (χ0v) is 36.8. The SMILES string of the molecule is CC(C)=CCC/C(C)=C/CC/C(C)=C/CC/C(C)=C/CC/C(C)=C/CC(/C(C)=C/CC/C(C)=C/CC12C(=O)c3ccccc3C(=O)C1(C)C1C=CC2C1)S(=O)[O-]. The summed E-state index contributed by atoms with van der Waals surface area (Å²) in [5.41, 5.74) is 8.63. The summed E-state index contributed by atoms with van der Waals surface area (Å²) in [6.45, 7) is 19.2. The predicted molar refractivity (Wildman–Crippen MR) is 236 cm³/mol. The van der Waals surface area contributed by atoms with Crippen LogP contribution in [0.2, 0.25) is 0 Å². The zero-order chi connectivity index (χ0) is 41.0. The number of carbonyl (C=O) groups excluding carboxylic acids is 2. The number of rotatable bonds is 21. The summed E-state index contributed by atoms with van der Waals surface area (Å²) in [6, 6.07) is 7.34. The molecule has 0 aliphatic heterocycles. The Morgan fingerprint density at radius 3 is 1.62 bits per heavy atom. The first-order valence-corrected chi connectivity index (χ1v) is 22.3. The van der Waals surface area contributed by atoms with Gasteiger partial charge in [-0.3, -0.25) is 13.8 Å². The molecule has 4 rings (SSSR count). The van der Waals surface area contributed by atoms with Crippen LogP contribution in [0.4, 0.5) is 0 Å². The van der Waals surface area contributed by atoms with Gasteiger partial charge in [-0.15, -0.1) is 0 Å². The monoisotopic (exact) mass is 777 g/mol. The van der Waals surface area contributed by atoms with Crippen LogP contribution < -0.4 is 0 Å². The van der Waals surface area contributed by atoms with Gasteiger partial charge in [0, 0.05) is 16.4 Å². The molecule has 304 valence electrons. The summed E-state index contributed by atoms with van der Waals surface area (Å²) in [5, 5.41) is -0.546. The lowest BCUT2D eigenvalue weighted by Crippen LogP contribution is -2.56. The second-order valence-corrected chi connectivity index (χ2v) is 18.7. The van der Waals surface area contributed by atoms with Gasteiger partial charge in [-0.05, 0) is 162 Å². The third-order valence-electron chi connectivity index (χ3n) is 13.1. The predicted octanol–water partition coefficient (Wildman–Crippen LogP) is 13.8. The van der Waals surface area contributed by atoms with Crippen molar-refractivity contribution in [3.8, 4) is 0 Å². The molecule has 56 heavy (non-hydrogen) atoms. The number of fused-ring (bicyclic) bond motifs is 6. The summed E-state index contributed by atoms with van der Waals surface area (Å²) in [4.78, 5) is 28.2. The molecule has 0 saturated heterocycles. The number of hydrogen-bond donors (Lipinski definition) is 0. The minimum Gasteiger partial charge on any atom is -0.772 e. The second-order valence-electron chi connectivity index (χ2n) is 17.6. The van der Waals surface area contributed by atoms with Crippen LogP contribution in [0.25, 0.3) is 0 Å². The third-order valence-corrected chi connectivity index (χ3v) is 14.1. The van der Waals surface area contributed by atoms with Gasteiger partial charge in [0.2, 0.25) is 0 Å². The molecular formula is C51H69O4S-. The van der Waals surface area contributed by atoms with Gasteiger partial charge in [-0.2, -0.15) is 0 Å². The van der Waals surface area contributed by atoms with E-state index in [2.05, 4.69) is 103 Å². The van der Waals surface area contributed by atoms with Crippen molar-refractivity contribution in [1.82, 2.24) is 0 Å². The van der Waals surface area contributed by atoms with Crippen molar-refractivity contribution >= 4 is 22.6 Å². The number of ketones is 2. The molecule has 0 radical (unpaired) electrons. The largest absolute Gasteiger partial charge is 0.772 e. The van der Waals surface area contributed by atoms with Gasteiger partial charge in [0.15, 0.2) is 11.6 Å². The molecule has 5 heteroatoms. The fourth-order valence-electron chi connectivity index (χ4n) is 9.30. The van der Waals surface area contributed by atoms with E-state index in [1.807, 2.05) is 38.1 Å². The van der Waals surface area contributed by atoms with E-state index in [-0.39, 0.29) is 23.4 Å². The third kappa shape index (κ3) is 11.0. The van der Waals surface area contributed by atoms with Gasteiger partial charge in [0.05, 0.1) is 10.8 Å². The first-order valence-electron chi connectivity index (χ1n) is 21.1. The summed E-state index contributed by atoms with van der Waals surface area (Å²) in [5.74, 6) is 0.351. The normalized spacial score (nSPS) is 25.4. The molecule has 2 bridgehead atoms. The maximum Gasteiger partial charge on any atom is 0.171 e. The topological polar surface area (TPSA) is 74.3 Å². The highest BCUT2D eigenvalue weighted by Crippen LogP contribution is 2.69. The number of allylic oxidation sites excluding steroid dienone is 15. The van der Waals surface area contributed by atoms with E-state index >= 15 is 0 Å². The molecule has 6 atom stereocenters. The molecule has 3 aliphatic rings. The van der Waals surface area contributed by atoms with Crippen molar-refractivity contribution in [1.29, 1.82) is 0 Å². The molecule has 0 N–H and O–H groups in total. The van der Waals surface area contributed by atoms with E-state index in [9.17, 15) is 18.4 Å². The molecule has 6 unspecified atom stereocenters. The summed E-state index contributed by atoms with van der Waals surface area (Å²) < 4.78 is 24.6. The number of hydrogen-bond acceptors (Lipinski definition) is 4. The number of benzene rings is 1. The molecule has 3 aliphatic carbocycles. The van der Waals surface area contributed by atoms with E-state index < -0.39 is 27.2 Å². The van der Waals surface area contributed by atoms with E-state index in [1.165, 1.54) is 27.9 Å². The Morgan fingerprint density at radius 2 is 1.11 bits per heavy atom. The molecular weight excluding hydrogens is 709 g/mol. The molecule has 0 heterocycles. The molecule has 1 saturated carbocycles. The fourth-order valence-corrected chi connectivity index (χ4v) is 9.95. The lowest BCUT2D eigenvalue weighted by atomic mass is 9.49. The maximum atomic E-state index is 14.2. The molecule has 0 spiro atoms. The number of carbonyl (C=O) groups is 2. The van der Waals surface area contributed by atoms with Gasteiger partial charge >= 0.3 is 0 Å². The van der Waals surface area contributed by atoms with Crippen molar-refractivity contribution in [2.75, 3.05) is 0 Å². The Kier molecular flexibility index (Phi) is 16.9. The summed E-state index contributed by atoms with van der Waals surface area (Å²) in [6.07, 6.45) is 32.0. The van der Waals surface area contributed by atoms with Crippen molar-refractivity contribution < 1.29 is 18.4 Å². The average molecular weight is 778 g/mol. The van der Waals surface area contributed by atoms with Gasteiger partial charge in [-0.25, -0.2) is 0 Å². The van der Waals surface area contributed by atoms with Crippen molar-refractivity contribution in [2.24, 2.45) is 22.7 Å². The Bertz CT molecular complexity index is 1860. The zero-order valence-electron chi connectivity index (χ0n) is 36.0. The molecule has 1 aromatic rings. The molecule has 0 amide bonds. The quantitative estimate of drug-likeness (QED) is 0.0920. The standard InChI is InChI=1S/C51H70O4S/c1-36(2)17-12-18-37(3)19-13-20-38(4)21-14-22-39(5)23-15-24-40(6)29-32-47(56(54)55)42(8)26-16-25-41(7)33-34-51-44-31-30-43(35-44)50(51,9)48(52)45-27-10-11-28-46(45)49(51)53/h10-11,17,19,21,23,26-31,33,43-44,47H,12-16,18,20,22,24-25,32,34-35H2,1-9H3,(H,54,55)/p-1/b37-19+,38-21+,39-23+,40-29+,41-33+,42-26+. The minimum atomic E-state index is -2.21.